The predicted molar refractivity (Wildman–Crippen MR) is 96.5 cm³/mol. The van der Waals surface area contributed by atoms with Crippen LogP contribution in [0.4, 0.5) is 0 Å². The number of rotatable bonds is 8. The van der Waals surface area contributed by atoms with Crippen LogP contribution in [0.15, 0.2) is 24.3 Å². The molecular formula is C20H24O6. The van der Waals surface area contributed by atoms with Gasteiger partial charge in [0.15, 0.2) is 6.10 Å². The third-order valence-corrected chi connectivity index (χ3v) is 2.64. The molecule has 0 unspecified atom stereocenters. The number of hydrogen-bond acceptors (Lipinski definition) is 6. The Kier molecular flexibility index (Phi) is 12.7. The highest BCUT2D eigenvalue weighted by atomic mass is 16.6. The molecule has 0 rings (SSSR count). The SMILES string of the molecule is C/C=C/C#CC#C[C@H](OC(C)=O)[C@H](/C=C/CCCOC(C)=O)OC(C)=O. The fourth-order valence-corrected chi connectivity index (χ4v) is 1.67. The maximum absolute atomic E-state index is 11.3. The maximum atomic E-state index is 11.3. The van der Waals surface area contributed by atoms with Crippen molar-refractivity contribution in [2.24, 2.45) is 0 Å². The van der Waals surface area contributed by atoms with Crippen LogP contribution in [-0.4, -0.2) is 36.7 Å². The van der Waals surface area contributed by atoms with E-state index in [1.165, 1.54) is 20.8 Å². The highest BCUT2D eigenvalue weighted by Gasteiger charge is 2.23. The van der Waals surface area contributed by atoms with Gasteiger partial charge in [0.05, 0.1) is 6.61 Å². The first kappa shape index (κ1) is 23.0. The van der Waals surface area contributed by atoms with Crippen LogP contribution in [0.3, 0.4) is 0 Å². The summed E-state index contributed by atoms with van der Waals surface area (Å²) in [4.78, 5) is 33.3. The Bertz CT molecular complexity index is 651. The van der Waals surface area contributed by atoms with E-state index in [9.17, 15) is 14.4 Å². The molecule has 6 heteroatoms. The number of esters is 3. The number of unbranched alkanes of at least 4 members (excludes halogenated alkanes) is 1. The van der Waals surface area contributed by atoms with Crippen LogP contribution < -0.4 is 0 Å². The first-order valence-electron chi connectivity index (χ1n) is 8.13. The lowest BCUT2D eigenvalue weighted by Crippen LogP contribution is -2.32. The van der Waals surface area contributed by atoms with Gasteiger partial charge in [0.1, 0.15) is 0 Å². The second-order valence-electron chi connectivity index (χ2n) is 5.05. The van der Waals surface area contributed by atoms with Gasteiger partial charge in [-0.15, -0.1) is 0 Å². The summed E-state index contributed by atoms with van der Waals surface area (Å²) in [6, 6.07) is 0. The molecule has 0 aromatic rings. The van der Waals surface area contributed by atoms with Crippen molar-refractivity contribution in [3.63, 3.8) is 0 Å². The van der Waals surface area contributed by atoms with Crippen molar-refractivity contribution in [3.8, 4) is 23.7 Å². The van der Waals surface area contributed by atoms with E-state index in [1.54, 1.807) is 24.3 Å². The zero-order valence-corrected chi connectivity index (χ0v) is 15.5. The second kappa shape index (κ2) is 14.4. The van der Waals surface area contributed by atoms with Gasteiger partial charge in [-0.2, -0.15) is 0 Å². The molecule has 26 heavy (non-hydrogen) atoms. The largest absolute Gasteiger partial charge is 0.466 e. The zero-order chi connectivity index (χ0) is 19.8. The second-order valence-corrected chi connectivity index (χ2v) is 5.05. The van der Waals surface area contributed by atoms with E-state index in [1.807, 2.05) is 6.92 Å². The topological polar surface area (TPSA) is 78.9 Å². The van der Waals surface area contributed by atoms with Crippen molar-refractivity contribution in [1.29, 1.82) is 0 Å². The van der Waals surface area contributed by atoms with E-state index < -0.39 is 24.1 Å². The molecule has 0 radical (unpaired) electrons. The Morgan fingerprint density at radius 2 is 1.69 bits per heavy atom. The third kappa shape index (κ3) is 13.4. The smallest absolute Gasteiger partial charge is 0.304 e. The molecule has 0 aliphatic heterocycles. The minimum atomic E-state index is -0.971. The monoisotopic (exact) mass is 360 g/mol. The average Bonchev–Trinajstić information content (AvgIpc) is 2.54. The lowest BCUT2D eigenvalue weighted by atomic mass is 10.1. The molecule has 0 aromatic heterocycles. The molecule has 2 atom stereocenters. The molecule has 0 aromatic carbocycles. The summed E-state index contributed by atoms with van der Waals surface area (Å²) in [5.74, 6) is 9.13. The van der Waals surface area contributed by atoms with Crippen molar-refractivity contribution in [2.75, 3.05) is 6.61 Å². The maximum Gasteiger partial charge on any atom is 0.304 e. The summed E-state index contributed by atoms with van der Waals surface area (Å²) in [6.07, 6.45) is 6.11. The van der Waals surface area contributed by atoms with Gasteiger partial charge in [-0.25, -0.2) is 0 Å². The Balaban J connectivity index is 5.06. The van der Waals surface area contributed by atoms with Crippen LogP contribution >= 0.6 is 0 Å². The van der Waals surface area contributed by atoms with Crippen molar-refractivity contribution in [2.45, 2.75) is 52.7 Å². The van der Waals surface area contributed by atoms with Crippen LogP contribution in [0.2, 0.25) is 0 Å². The first-order valence-corrected chi connectivity index (χ1v) is 8.13. The summed E-state index contributed by atoms with van der Waals surface area (Å²) in [5, 5.41) is 0. The zero-order valence-electron chi connectivity index (χ0n) is 15.5. The van der Waals surface area contributed by atoms with Crippen LogP contribution in [-0.2, 0) is 28.6 Å². The van der Waals surface area contributed by atoms with E-state index in [-0.39, 0.29) is 5.97 Å². The molecule has 6 nitrogen and oxygen atoms in total. The van der Waals surface area contributed by atoms with Crippen LogP contribution in [0.5, 0.6) is 0 Å². The summed E-state index contributed by atoms with van der Waals surface area (Å²) < 4.78 is 15.1. The number of ether oxygens (including phenoxy) is 3. The van der Waals surface area contributed by atoms with Gasteiger partial charge in [-0.1, -0.05) is 18.1 Å². The van der Waals surface area contributed by atoms with E-state index in [0.717, 1.165) is 0 Å². The van der Waals surface area contributed by atoms with Gasteiger partial charge in [-0.3, -0.25) is 14.4 Å². The van der Waals surface area contributed by atoms with Crippen molar-refractivity contribution < 1.29 is 28.6 Å². The Morgan fingerprint density at radius 1 is 1.00 bits per heavy atom. The molecular weight excluding hydrogens is 336 g/mol. The van der Waals surface area contributed by atoms with Crippen LogP contribution in [0.25, 0.3) is 0 Å². The van der Waals surface area contributed by atoms with Crippen LogP contribution in [0.1, 0.15) is 40.5 Å². The molecule has 0 aliphatic rings. The average molecular weight is 360 g/mol. The first-order chi connectivity index (χ1) is 12.4. The lowest BCUT2D eigenvalue weighted by Gasteiger charge is -2.19. The number of carbonyl (C=O) groups is 3. The van der Waals surface area contributed by atoms with E-state index in [2.05, 4.69) is 23.7 Å². The lowest BCUT2D eigenvalue weighted by molar-refractivity contribution is -0.157. The molecule has 0 aliphatic carbocycles. The predicted octanol–water partition coefficient (Wildman–Crippen LogP) is 2.33. The third-order valence-electron chi connectivity index (χ3n) is 2.64. The molecule has 0 bridgehead atoms. The quantitative estimate of drug-likeness (QED) is 0.217. The highest BCUT2D eigenvalue weighted by Crippen LogP contribution is 2.08. The summed E-state index contributed by atoms with van der Waals surface area (Å²) in [6.45, 7) is 5.96. The molecule has 0 amide bonds. The van der Waals surface area contributed by atoms with Crippen molar-refractivity contribution >= 4 is 17.9 Å². The highest BCUT2D eigenvalue weighted by molar-refractivity contribution is 5.68. The van der Waals surface area contributed by atoms with Gasteiger partial charge in [0.25, 0.3) is 0 Å². The normalized spacial score (nSPS) is 12.3. The molecule has 0 N–H and O–H groups in total. The molecule has 0 saturated carbocycles. The Labute approximate surface area is 154 Å². The fourth-order valence-electron chi connectivity index (χ4n) is 1.67. The molecule has 0 heterocycles. The Hall–Kier alpha value is -2.99. The van der Waals surface area contributed by atoms with E-state index in [4.69, 9.17) is 14.2 Å². The minimum absolute atomic E-state index is 0.297. The van der Waals surface area contributed by atoms with Gasteiger partial charge >= 0.3 is 17.9 Å². The fraction of sp³-hybridized carbons (Fsp3) is 0.450. The molecule has 0 spiro atoms. The summed E-state index contributed by atoms with van der Waals surface area (Å²) in [5.41, 5.74) is 0. The van der Waals surface area contributed by atoms with E-state index >= 15 is 0 Å². The van der Waals surface area contributed by atoms with Gasteiger partial charge in [0.2, 0.25) is 6.10 Å². The summed E-state index contributed by atoms with van der Waals surface area (Å²) >= 11 is 0. The van der Waals surface area contributed by atoms with Crippen molar-refractivity contribution in [3.05, 3.63) is 24.3 Å². The number of carbonyl (C=O) groups excluding carboxylic acids is 3. The molecule has 140 valence electrons. The minimum Gasteiger partial charge on any atom is -0.466 e. The standard InChI is InChI=1S/C20H24O6/c1-5-6-7-8-10-13-19(25-17(3)22)20(26-18(4)23)14-11-9-12-15-24-16(2)21/h5-6,11,14,19-20H,9,12,15H2,1-4H3/b6-5+,14-11+/t19-,20-/m0/s1. The molecule has 0 fully saturated rings. The van der Waals surface area contributed by atoms with Gasteiger partial charge in [-0.05, 0) is 49.7 Å². The van der Waals surface area contributed by atoms with Crippen molar-refractivity contribution in [1.82, 2.24) is 0 Å². The van der Waals surface area contributed by atoms with Gasteiger partial charge in [0, 0.05) is 20.8 Å². The van der Waals surface area contributed by atoms with Crippen LogP contribution in [0, 0.1) is 23.7 Å². The van der Waals surface area contributed by atoms with Gasteiger partial charge < -0.3 is 14.2 Å². The Morgan fingerprint density at radius 3 is 2.27 bits per heavy atom. The summed E-state index contributed by atoms with van der Waals surface area (Å²) in [7, 11) is 0. The number of hydrogen-bond donors (Lipinski definition) is 0. The number of allylic oxidation sites excluding steroid dienone is 3. The molecule has 0 saturated heterocycles. The van der Waals surface area contributed by atoms with E-state index in [0.29, 0.717) is 19.4 Å².